The van der Waals surface area contributed by atoms with E-state index in [1.165, 1.54) is 6.21 Å². The van der Waals surface area contributed by atoms with Gasteiger partial charge in [0.15, 0.2) is 0 Å². The molecule has 1 saturated carbocycles. The fraction of sp³-hybridized carbons (Fsp3) is 0.421. The van der Waals surface area contributed by atoms with E-state index in [0.29, 0.717) is 22.9 Å². The standard InChI is InChI=1S/C19H19ClN2O3/c1-2-25-15-8-7-14(20)9-13(15)10-21-22-18(23)16-11-3-4-12(6-5-11)17(16)19(22)24/h3-4,7-12,16-17H,2,5-6H2,1H3/b21-10-/t11-,12-,16-,17+/m1/s1. The van der Waals surface area contributed by atoms with Gasteiger partial charge in [-0.1, -0.05) is 23.8 Å². The highest BCUT2D eigenvalue weighted by Gasteiger charge is 2.56. The van der Waals surface area contributed by atoms with E-state index in [1.54, 1.807) is 18.2 Å². The topological polar surface area (TPSA) is 59.0 Å². The summed E-state index contributed by atoms with van der Waals surface area (Å²) >= 11 is 6.04. The average Bonchev–Trinajstić information content (AvgIpc) is 2.89. The van der Waals surface area contributed by atoms with Gasteiger partial charge in [-0.3, -0.25) is 9.59 Å². The summed E-state index contributed by atoms with van der Waals surface area (Å²) in [5.74, 6) is 0.0660. The molecule has 1 saturated heterocycles. The number of amides is 2. The number of ether oxygens (including phenoxy) is 1. The number of halogens is 1. The molecule has 0 aromatic heterocycles. The molecule has 2 amide bonds. The van der Waals surface area contributed by atoms with Gasteiger partial charge in [0.2, 0.25) is 0 Å². The van der Waals surface area contributed by atoms with E-state index in [1.807, 2.05) is 6.92 Å². The Bertz CT molecular complexity index is 757. The fourth-order valence-corrected chi connectivity index (χ4v) is 4.38. The lowest BCUT2D eigenvalue weighted by Gasteiger charge is -2.37. The lowest BCUT2D eigenvalue weighted by atomic mass is 9.63. The van der Waals surface area contributed by atoms with Crippen LogP contribution in [0.15, 0.2) is 35.5 Å². The van der Waals surface area contributed by atoms with Crippen LogP contribution in [-0.2, 0) is 9.59 Å². The molecule has 3 aliphatic carbocycles. The summed E-state index contributed by atoms with van der Waals surface area (Å²) in [6.07, 6.45) is 7.62. The first-order chi connectivity index (χ1) is 12.1. The molecule has 1 heterocycles. The third kappa shape index (κ3) is 2.67. The summed E-state index contributed by atoms with van der Waals surface area (Å²) in [5.41, 5.74) is 0.644. The first-order valence-corrected chi connectivity index (χ1v) is 9.00. The number of allylic oxidation sites excluding steroid dienone is 2. The van der Waals surface area contributed by atoms with Crippen molar-refractivity contribution in [2.45, 2.75) is 19.8 Å². The molecule has 130 valence electrons. The van der Waals surface area contributed by atoms with Crippen molar-refractivity contribution in [3.05, 3.63) is 40.9 Å². The van der Waals surface area contributed by atoms with Crippen molar-refractivity contribution >= 4 is 29.6 Å². The maximum Gasteiger partial charge on any atom is 0.254 e. The van der Waals surface area contributed by atoms with Crippen LogP contribution < -0.4 is 4.74 Å². The summed E-state index contributed by atoms with van der Waals surface area (Å²) < 4.78 is 5.55. The Labute approximate surface area is 151 Å². The quantitative estimate of drug-likeness (QED) is 0.471. The number of fused-ring (bicyclic) bond motifs is 1. The highest BCUT2D eigenvalue weighted by molar-refractivity contribution is 6.30. The highest BCUT2D eigenvalue weighted by Crippen LogP contribution is 2.49. The van der Waals surface area contributed by atoms with Gasteiger partial charge in [-0.25, -0.2) is 0 Å². The molecule has 0 unspecified atom stereocenters. The third-order valence-electron chi connectivity index (χ3n) is 5.32. The van der Waals surface area contributed by atoms with Gasteiger partial charge in [-0.15, -0.1) is 0 Å². The number of hydrazone groups is 1. The predicted octanol–water partition coefficient (Wildman–Crippen LogP) is 3.27. The summed E-state index contributed by atoms with van der Waals surface area (Å²) in [6, 6.07) is 5.19. The molecule has 0 N–H and O–H groups in total. The van der Waals surface area contributed by atoms with E-state index in [4.69, 9.17) is 16.3 Å². The second kappa shape index (κ2) is 6.30. The Balaban J connectivity index is 1.62. The number of hydrogen-bond acceptors (Lipinski definition) is 4. The second-order valence-corrected chi connectivity index (χ2v) is 7.13. The van der Waals surface area contributed by atoms with Crippen LogP contribution in [0.1, 0.15) is 25.3 Å². The lowest BCUT2D eigenvalue weighted by molar-refractivity contribution is -0.140. The maximum absolute atomic E-state index is 12.7. The fourth-order valence-electron chi connectivity index (χ4n) is 4.20. The largest absolute Gasteiger partial charge is 0.493 e. The van der Waals surface area contributed by atoms with Crippen molar-refractivity contribution in [3.63, 3.8) is 0 Å². The summed E-state index contributed by atoms with van der Waals surface area (Å²) in [5, 5.41) is 5.79. The van der Waals surface area contributed by atoms with Gasteiger partial charge in [0.05, 0.1) is 24.7 Å². The van der Waals surface area contributed by atoms with Gasteiger partial charge in [0, 0.05) is 10.6 Å². The highest BCUT2D eigenvalue weighted by atomic mass is 35.5. The van der Waals surface area contributed by atoms with Crippen LogP contribution >= 0.6 is 11.6 Å². The maximum atomic E-state index is 12.7. The van der Waals surface area contributed by atoms with Gasteiger partial charge >= 0.3 is 0 Å². The molecule has 4 aliphatic rings. The van der Waals surface area contributed by atoms with E-state index in [2.05, 4.69) is 17.3 Å². The van der Waals surface area contributed by atoms with E-state index >= 15 is 0 Å². The minimum Gasteiger partial charge on any atom is -0.493 e. The first kappa shape index (κ1) is 16.3. The summed E-state index contributed by atoms with van der Waals surface area (Å²) in [6.45, 7) is 2.39. The smallest absolute Gasteiger partial charge is 0.254 e. The monoisotopic (exact) mass is 358 g/mol. The zero-order chi connectivity index (χ0) is 17.6. The third-order valence-corrected chi connectivity index (χ3v) is 5.56. The number of carbonyl (C=O) groups is 2. The molecule has 1 aromatic carbocycles. The SMILES string of the molecule is CCOc1ccc(Cl)cc1/C=N\N1C(=O)[C@@H]2[C@H](C1=O)[C@@H]1C=C[C@@H]2CC1. The van der Waals surface area contributed by atoms with E-state index in [-0.39, 0.29) is 35.5 Å². The molecule has 25 heavy (non-hydrogen) atoms. The van der Waals surface area contributed by atoms with Crippen LogP contribution in [0.5, 0.6) is 5.75 Å². The Morgan fingerprint density at radius 2 is 1.84 bits per heavy atom. The zero-order valence-electron chi connectivity index (χ0n) is 13.9. The van der Waals surface area contributed by atoms with Crippen molar-refractivity contribution in [2.24, 2.45) is 28.8 Å². The average molecular weight is 359 g/mol. The normalized spacial score (nSPS) is 30.4. The summed E-state index contributed by atoms with van der Waals surface area (Å²) in [4.78, 5) is 25.5. The van der Waals surface area contributed by atoms with E-state index in [0.717, 1.165) is 17.9 Å². The van der Waals surface area contributed by atoms with Gasteiger partial charge in [-0.2, -0.15) is 10.1 Å². The molecule has 1 aliphatic heterocycles. The van der Waals surface area contributed by atoms with Gasteiger partial charge < -0.3 is 4.74 Å². The molecular formula is C19H19ClN2O3. The zero-order valence-corrected chi connectivity index (χ0v) is 14.6. The second-order valence-electron chi connectivity index (χ2n) is 6.69. The predicted molar refractivity (Wildman–Crippen MR) is 94.4 cm³/mol. The Hall–Kier alpha value is -2.14. The number of imide groups is 1. The Kier molecular flexibility index (Phi) is 4.12. The molecule has 2 bridgehead atoms. The molecule has 2 fully saturated rings. The van der Waals surface area contributed by atoms with Gasteiger partial charge in [0.1, 0.15) is 5.75 Å². The molecule has 0 radical (unpaired) electrons. The minimum atomic E-state index is -0.251. The van der Waals surface area contributed by atoms with Crippen LogP contribution in [0.2, 0.25) is 5.02 Å². The van der Waals surface area contributed by atoms with Crippen LogP contribution in [0.3, 0.4) is 0 Å². The number of rotatable bonds is 4. The van der Waals surface area contributed by atoms with Crippen molar-refractivity contribution in [2.75, 3.05) is 6.61 Å². The lowest BCUT2D eigenvalue weighted by Crippen LogP contribution is -2.38. The van der Waals surface area contributed by atoms with Crippen LogP contribution in [-0.4, -0.2) is 29.6 Å². The molecule has 6 heteroatoms. The minimum absolute atomic E-state index is 0.164. The number of nitrogens with zero attached hydrogens (tertiary/aromatic N) is 2. The number of carbonyl (C=O) groups excluding carboxylic acids is 2. The first-order valence-electron chi connectivity index (χ1n) is 8.62. The summed E-state index contributed by atoms with van der Waals surface area (Å²) in [7, 11) is 0. The van der Waals surface area contributed by atoms with Crippen molar-refractivity contribution < 1.29 is 14.3 Å². The van der Waals surface area contributed by atoms with E-state index < -0.39 is 0 Å². The molecule has 4 atom stereocenters. The van der Waals surface area contributed by atoms with Crippen molar-refractivity contribution in [1.29, 1.82) is 0 Å². The van der Waals surface area contributed by atoms with Crippen LogP contribution in [0.25, 0.3) is 0 Å². The molecule has 0 spiro atoms. The Morgan fingerprint density at radius 3 is 2.40 bits per heavy atom. The van der Waals surface area contributed by atoms with Crippen molar-refractivity contribution in [1.82, 2.24) is 5.01 Å². The van der Waals surface area contributed by atoms with Crippen molar-refractivity contribution in [3.8, 4) is 5.75 Å². The van der Waals surface area contributed by atoms with Gasteiger partial charge in [0.25, 0.3) is 11.8 Å². The number of benzene rings is 1. The molecule has 5 nitrogen and oxygen atoms in total. The van der Waals surface area contributed by atoms with Crippen LogP contribution in [0.4, 0.5) is 0 Å². The molecule has 1 aromatic rings. The molecular weight excluding hydrogens is 340 g/mol. The number of hydrogen-bond donors (Lipinski definition) is 0. The molecule has 5 rings (SSSR count). The Morgan fingerprint density at radius 1 is 1.20 bits per heavy atom. The van der Waals surface area contributed by atoms with Crippen LogP contribution in [0, 0.1) is 23.7 Å². The van der Waals surface area contributed by atoms with Gasteiger partial charge in [-0.05, 0) is 49.8 Å². The van der Waals surface area contributed by atoms with E-state index in [9.17, 15) is 9.59 Å².